The average Bonchev–Trinajstić information content (AvgIpc) is 3.06. The molecular formula is C21H34N4O2. The number of carbonyl (C=O) groups is 1. The van der Waals surface area contributed by atoms with E-state index in [4.69, 9.17) is 0 Å². The number of allylic oxidation sites excluding steroid dienone is 1. The average molecular weight is 375 g/mol. The molecular weight excluding hydrogens is 340 g/mol. The fourth-order valence-electron chi connectivity index (χ4n) is 4.47. The Kier molecular flexibility index (Phi) is 6.37. The van der Waals surface area contributed by atoms with Gasteiger partial charge in [-0.2, -0.15) is 5.10 Å². The van der Waals surface area contributed by atoms with E-state index in [2.05, 4.69) is 29.9 Å². The smallest absolute Gasteiger partial charge is 0.224 e. The number of rotatable bonds is 5. The fraction of sp³-hybridized carbons (Fsp3) is 0.714. The van der Waals surface area contributed by atoms with Crippen molar-refractivity contribution in [2.24, 2.45) is 5.41 Å². The molecule has 27 heavy (non-hydrogen) atoms. The predicted molar refractivity (Wildman–Crippen MR) is 106 cm³/mol. The number of likely N-dealkylation sites (tertiary alicyclic amines) is 2. The maximum atomic E-state index is 12.8. The van der Waals surface area contributed by atoms with Gasteiger partial charge in [0.15, 0.2) is 0 Å². The van der Waals surface area contributed by atoms with E-state index in [1.54, 1.807) is 6.20 Å². The van der Waals surface area contributed by atoms with Gasteiger partial charge < -0.3 is 10.0 Å². The SMILES string of the molecule is CC(C)=CCN1CC[C@@H](O)[C@]2(CCCN(C(=O)CCn3nccc3C)C2)C1. The maximum Gasteiger partial charge on any atom is 0.224 e. The van der Waals surface area contributed by atoms with Crippen molar-refractivity contribution < 1.29 is 9.90 Å². The zero-order valence-electron chi connectivity index (χ0n) is 17.0. The Morgan fingerprint density at radius 3 is 2.89 bits per heavy atom. The van der Waals surface area contributed by atoms with Gasteiger partial charge in [-0.05, 0) is 46.1 Å². The van der Waals surface area contributed by atoms with Crippen molar-refractivity contribution in [2.45, 2.75) is 59.1 Å². The van der Waals surface area contributed by atoms with Gasteiger partial charge in [0.2, 0.25) is 5.91 Å². The van der Waals surface area contributed by atoms with E-state index in [1.165, 1.54) is 5.57 Å². The van der Waals surface area contributed by atoms with Crippen molar-refractivity contribution in [2.75, 3.05) is 32.7 Å². The summed E-state index contributed by atoms with van der Waals surface area (Å²) in [6.45, 7) is 11.1. The minimum absolute atomic E-state index is 0.177. The Balaban J connectivity index is 1.61. The van der Waals surface area contributed by atoms with Crippen LogP contribution >= 0.6 is 0 Å². The lowest BCUT2D eigenvalue weighted by molar-refractivity contribution is -0.141. The van der Waals surface area contributed by atoms with Gasteiger partial charge in [-0.15, -0.1) is 0 Å². The number of amides is 1. The van der Waals surface area contributed by atoms with Crippen LogP contribution in [-0.2, 0) is 11.3 Å². The van der Waals surface area contributed by atoms with E-state index in [9.17, 15) is 9.90 Å². The molecule has 0 saturated carbocycles. The van der Waals surface area contributed by atoms with Gasteiger partial charge in [0.05, 0.1) is 6.10 Å². The quantitative estimate of drug-likeness (QED) is 0.803. The van der Waals surface area contributed by atoms with E-state index < -0.39 is 0 Å². The number of aliphatic hydroxyl groups is 1. The molecule has 1 amide bonds. The molecule has 1 aromatic heterocycles. The summed E-state index contributed by atoms with van der Waals surface area (Å²) in [4.78, 5) is 17.2. The molecule has 0 bridgehead atoms. The van der Waals surface area contributed by atoms with Crippen molar-refractivity contribution in [3.05, 3.63) is 29.6 Å². The van der Waals surface area contributed by atoms with Crippen molar-refractivity contribution in [3.8, 4) is 0 Å². The second kappa shape index (κ2) is 8.57. The molecule has 3 heterocycles. The molecule has 2 atom stereocenters. The fourth-order valence-corrected chi connectivity index (χ4v) is 4.47. The largest absolute Gasteiger partial charge is 0.392 e. The van der Waals surface area contributed by atoms with Crippen molar-refractivity contribution in [3.63, 3.8) is 0 Å². The highest BCUT2D eigenvalue weighted by molar-refractivity contribution is 5.76. The molecule has 1 aromatic rings. The Morgan fingerprint density at radius 2 is 2.19 bits per heavy atom. The molecule has 0 radical (unpaired) electrons. The van der Waals surface area contributed by atoms with Gasteiger partial charge in [-0.1, -0.05) is 11.6 Å². The molecule has 2 aliphatic rings. The molecule has 1 spiro atoms. The molecule has 6 heteroatoms. The first kappa shape index (κ1) is 20.1. The lowest BCUT2D eigenvalue weighted by Gasteiger charge is -2.51. The number of aliphatic hydroxyl groups excluding tert-OH is 1. The number of piperidine rings is 2. The Labute approximate surface area is 162 Å². The zero-order chi connectivity index (χ0) is 19.4. The minimum Gasteiger partial charge on any atom is -0.392 e. The second-order valence-corrected chi connectivity index (χ2v) is 8.55. The van der Waals surface area contributed by atoms with E-state index in [0.717, 1.165) is 51.1 Å². The van der Waals surface area contributed by atoms with E-state index in [1.807, 2.05) is 22.6 Å². The van der Waals surface area contributed by atoms with E-state index in [0.29, 0.717) is 19.5 Å². The van der Waals surface area contributed by atoms with Gasteiger partial charge in [0.25, 0.3) is 0 Å². The van der Waals surface area contributed by atoms with Crippen molar-refractivity contribution >= 4 is 5.91 Å². The first-order valence-electron chi connectivity index (χ1n) is 10.2. The molecule has 2 fully saturated rings. The van der Waals surface area contributed by atoms with Crippen LogP contribution in [0.1, 0.15) is 45.2 Å². The van der Waals surface area contributed by atoms with Crippen LogP contribution < -0.4 is 0 Å². The highest BCUT2D eigenvalue weighted by atomic mass is 16.3. The lowest BCUT2D eigenvalue weighted by Crippen LogP contribution is -2.59. The van der Waals surface area contributed by atoms with Crippen LogP contribution in [0.5, 0.6) is 0 Å². The molecule has 1 N–H and O–H groups in total. The summed E-state index contributed by atoms with van der Waals surface area (Å²) < 4.78 is 1.88. The monoisotopic (exact) mass is 374 g/mol. The number of hydrogen-bond acceptors (Lipinski definition) is 4. The summed E-state index contributed by atoms with van der Waals surface area (Å²) in [5.74, 6) is 0.178. The van der Waals surface area contributed by atoms with E-state index in [-0.39, 0.29) is 17.4 Å². The highest BCUT2D eigenvalue weighted by Gasteiger charge is 2.46. The Bertz CT molecular complexity index is 679. The van der Waals surface area contributed by atoms with Crippen LogP contribution in [0.25, 0.3) is 0 Å². The standard InChI is InChI=1S/C21H34N4O2/c1-17(2)6-12-23-13-7-19(26)21(15-23)9-4-11-24(16-21)20(27)8-14-25-18(3)5-10-22-25/h5-6,10,19,26H,4,7-9,11-16H2,1-3H3/t19-,21-/m1/s1. The molecule has 0 unspecified atom stereocenters. The predicted octanol–water partition coefficient (Wildman–Crippen LogP) is 2.22. The molecule has 150 valence electrons. The van der Waals surface area contributed by atoms with Crippen molar-refractivity contribution in [1.29, 1.82) is 0 Å². The Morgan fingerprint density at radius 1 is 1.37 bits per heavy atom. The number of aromatic nitrogens is 2. The third-order valence-electron chi connectivity index (χ3n) is 6.15. The number of hydrogen-bond donors (Lipinski definition) is 1. The summed E-state index contributed by atoms with van der Waals surface area (Å²) in [6.07, 6.45) is 6.95. The maximum absolute atomic E-state index is 12.8. The van der Waals surface area contributed by atoms with Gasteiger partial charge in [0.1, 0.15) is 0 Å². The summed E-state index contributed by atoms with van der Waals surface area (Å²) in [6, 6.07) is 1.96. The summed E-state index contributed by atoms with van der Waals surface area (Å²) in [5.41, 5.74) is 2.23. The minimum atomic E-state index is -0.315. The molecule has 0 aromatic carbocycles. The summed E-state index contributed by atoms with van der Waals surface area (Å²) in [7, 11) is 0. The summed E-state index contributed by atoms with van der Waals surface area (Å²) in [5, 5.41) is 15.1. The molecule has 2 saturated heterocycles. The molecule has 2 aliphatic heterocycles. The first-order valence-corrected chi connectivity index (χ1v) is 10.2. The number of carbonyl (C=O) groups excluding carboxylic acids is 1. The lowest BCUT2D eigenvalue weighted by atomic mass is 9.71. The van der Waals surface area contributed by atoms with Gasteiger partial charge in [-0.25, -0.2) is 0 Å². The second-order valence-electron chi connectivity index (χ2n) is 8.55. The third kappa shape index (κ3) is 4.79. The van der Waals surface area contributed by atoms with Crippen LogP contribution in [0.4, 0.5) is 0 Å². The zero-order valence-corrected chi connectivity index (χ0v) is 17.0. The molecule has 0 aliphatic carbocycles. The van der Waals surface area contributed by atoms with Crippen molar-refractivity contribution in [1.82, 2.24) is 19.6 Å². The molecule has 6 nitrogen and oxygen atoms in total. The van der Waals surface area contributed by atoms with Gasteiger partial charge in [-0.3, -0.25) is 14.4 Å². The van der Waals surface area contributed by atoms with Crippen LogP contribution in [0.15, 0.2) is 23.9 Å². The Hall–Kier alpha value is -1.66. The van der Waals surface area contributed by atoms with Crippen LogP contribution in [0, 0.1) is 12.3 Å². The van der Waals surface area contributed by atoms with E-state index >= 15 is 0 Å². The molecule has 3 rings (SSSR count). The van der Waals surface area contributed by atoms with Gasteiger partial charge in [0, 0.05) is 63.0 Å². The first-order chi connectivity index (χ1) is 12.9. The highest BCUT2D eigenvalue weighted by Crippen LogP contribution is 2.39. The van der Waals surface area contributed by atoms with Crippen LogP contribution in [-0.4, -0.2) is 69.4 Å². The summed E-state index contributed by atoms with van der Waals surface area (Å²) >= 11 is 0. The topological polar surface area (TPSA) is 61.6 Å². The van der Waals surface area contributed by atoms with Gasteiger partial charge >= 0.3 is 0 Å². The number of aryl methyl sites for hydroxylation is 2. The van der Waals surface area contributed by atoms with Crippen LogP contribution in [0.3, 0.4) is 0 Å². The van der Waals surface area contributed by atoms with Crippen LogP contribution in [0.2, 0.25) is 0 Å². The third-order valence-corrected chi connectivity index (χ3v) is 6.15. The normalized spacial score (nSPS) is 26.4. The number of nitrogens with zero attached hydrogens (tertiary/aromatic N) is 4.